The molecular weight excluding hydrogens is 512 g/mol. The molecule has 0 saturated carbocycles. The van der Waals surface area contributed by atoms with Crippen LogP contribution in [0.1, 0.15) is 46.4 Å². The summed E-state index contributed by atoms with van der Waals surface area (Å²) in [5.74, 6) is 1.87. The molecule has 0 N–H and O–H groups in total. The number of hydrogen-bond donors (Lipinski definition) is 0. The van der Waals surface area contributed by atoms with E-state index in [1.807, 2.05) is 11.1 Å². The van der Waals surface area contributed by atoms with E-state index in [1.54, 1.807) is 49.6 Å². The highest BCUT2D eigenvalue weighted by Crippen LogP contribution is 2.40. The molecule has 0 radical (unpaired) electrons. The smallest absolute Gasteiger partial charge is 0.257 e. The van der Waals surface area contributed by atoms with Crippen molar-refractivity contribution in [1.29, 1.82) is 0 Å². The van der Waals surface area contributed by atoms with Gasteiger partial charge < -0.3 is 28.7 Å². The molecule has 10 heteroatoms. The summed E-state index contributed by atoms with van der Waals surface area (Å²) in [5, 5.41) is 0. The number of nitrogens with zero attached hydrogens (tertiary/aromatic N) is 4. The van der Waals surface area contributed by atoms with Crippen molar-refractivity contribution < 1.29 is 28.5 Å². The maximum absolute atomic E-state index is 13.2. The van der Waals surface area contributed by atoms with Gasteiger partial charge in [-0.05, 0) is 31.4 Å². The first-order valence-corrected chi connectivity index (χ1v) is 13.5. The molecule has 2 amide bonds. The number of amides is 2. The quantitative estimate of drug-likeness (QED) is 0.362. The molecule has 2 aromatic carbocycles. The largest absolute Gasteiger partial charge is 0.493 e. The molecular formula is C30H32N4O6. The van der Waals surface area contributed by atoms with Crippen molar-refractivity contribution in [3.63, 3.8) is 0 Å². The van der Waals surface area contributed by atoms with Crippen LogP contribution in [0.5, 0.6) is 23.0 Å². The van der Waals surface area contributed by atoms with Crippen LogP contribution in [0.15, 0.2) is 46.4 Å². The first-order chi connectivity index (χ1) is 19.5. The van der Waals surface area contributed by atoms with Gasteiger partial charge in [-0.2, -0.15) is 0 Å². The fraction of sp³-hybridized carbons (Fsp3) is 0.400. The lowest BCUT2D eigenvalue weighted by Crippen LogP contribution is -2.35. The van der Waals surface area contributed by atoms with Crippen LogP contribution in [0.4, 0.5) is 11.4 Å². The van der Waals surface area contributed by atoms with Crippen LogP contribution in [0, 0.1) is 0 Å². The molecule has 40 heavy (non-hydrogen) atoms. The summed E-state index contributed by atoms with van der Waals surface area (Å²) in [4.78, 5) is 39.0. The SMILES string of the molecule is C=C1C[C@H]2C=Nc3cc(OCCCOc4cc5c(cc4OC)C(=O)N4CCC[C@H]4C=N5)c(OC)cc3C(=O)N2C1. The van der Waals surface area contributed by atoms with Gasteiger partial charge in [0, 0.05) is 44.1 Å². The van der Waals surface area contributed by atoms with E-state index in [-0.39, 0.29) is 23.9 Å². The average Bonchev–Trinajstić information content (AvgIpc) is 3.54. The minimum absolute atomic E-state index is 0.0279. The van der Waals surface area contributed by atoms with Gasteiger partial charge in [-0.25, -0.2) is 0 Å². The number of methoxy groups -OCH3 is 2. The number of aliphatic imine (C=N–C) groups is 2. The summed E-state index contributed by atoms with van der Waals surface area (Å²) in [5.41, 5.74) is 3.17. The first-order valence-electron chi connectivity index (χ1n) is 13.5. The minimum Gasteiger partial charge on any atom is -0.493 e. The highest BCUT2D eigenvalue weighted by atomic mass is 16.5. The molecule has 2 atom stereocenters. The second-order valence-electron chi connectivity index (χ2n) is 10.3. The van der Waals surface area contributed by atoms with Gasteiger partial charge in [-0.3, -0.25) is 19.6 Å². The van der Waals surface area contributed by atoms with E-state index in [0.717, 1.165) is 31.4 Å². The summed E-state index contributed by atoms with van der Waals surface area (Å²) < 4.78 is 23.1. The summed E-state index contributed by atoms with van der Waals surface area (Å²) >= 11 is 0. The molecule has 4 aliphatic heterocycles. The van der Waals surface area contributed by atoms with Gasteiger partial charge in [0.2, 0.25) is 0 Å². The summed E-state index contributed by atoms with van der Waals surface area (Å²) in [6, 6.07) is 6.87. The Hall–Kier alpha value is -4.34. The molecule has 0 bridgehead atoms. The molecule has 0 spiro atoms. The summed E-state index contributed by atoms with van der Waals surface area (Å²) in [6.07, 6.45) is 6.86. The van der Waals surface area contributed by atoms with Crippen LogP contribution in [0.2, 0.25) is 0 Å². The highest BCUT2D eigenvalue weighted by Gasteiger charge is 2.35. The van der Waals surface area contributed by atoms with Crippen molar-refractivity contribution in [3.8, 4) is 23.0 Å². The third kappa shape index (κ3) is 4.67. The first kappa shape index (κ1) is 25.9. The molecule has 6 rings (SSSR count). The van der Waals surface area contributed by atoms with E-state index >= 15 is 0 Å². The number of ether oxygens (including phenoxy) is 4. The fourth-order valence-corrected chi connectivity index (χ4v) is 5.65. The summed E-state index contributed by atoms with van der Waals surface area (Å²) in [7, 11) is 3.10. The maximum Gasteiger partial charge on any atom is 0.257 e. The zero-order valence-corrected chi connectivity index (χ0v) is 22.7. The van der Waals surface area contributed by atoms with Gasteiger partial charge >= 0.3 is 0 Å². The number of rotatable bonds is 8. The van der Waals surface area contributed by atoms with Crippen molar-refractivity contribution in [3.05, 3.63) is 47.5 Å². The molecule has 10 nitrogen and oxygen atoms in total. The lowest BCUT2D eigenvalue weighted by Gasteiger charge is -2.20. The van der Waals surface area contributed by atoms with Crippen molar-refractivity contribution >= 4 is 35.6 Å². The van der Waals surface area contributed by atoms with Crippen molar-refractivity contribution in [2.75, 3.05) is 40.5 Å². The van der Waals surface area contributed by atoms with E-state index in [1.165, 1.54) is 0 Å². The van der Waals surface area contributed by atoms with Crippen LogP contribution >= 0.6 is 0 Å². The zero-order valence-electron chi connectivity index (χ0n) is 22.7. The van der Waals surface area contributed by atoms with Crippen LogP contribution in [-0.2, 0) is 0 Å². The molecule has 0 aliphatic carbocycles. The third-order valence-corrected chi connectivity index (χ3v) is 7.71. The number of carbonyl (C=O) groups excluding carboxylic acids is 2. The molecule has 0 aromatic heterocycles. The Labute approximate surface area is 232 Å². The fourth-order valence-electron chi connectivity index (χ4n) is 5.65. The van der Waals surface area contributed by atoms with E-state index < -0.39 is 0 Å². The topological polar surface area (TPSA) is 102 Å². The van der Waals surface area contributed by atoms with Gasteiger partial charge in [0.25, 0.3) is 11.8 Å². The van der Waals surface area contributed by atoms with Gasteiger partial charge in [-0.1, -0.05) is 12.2 Å². The predicted molar refractivity (Wildman–Crippen MR) is 151 cm³/mol. The monoisotopic (exact) mass is 544 g/mol. The number of benzene rings is 2. The van der Waals surface area contributed by atoms with E-state index in [0.29, 0.717) is 71.7 Å². The Kier molecular flexibility index (Phi) is 6.91. The minimum atomic E-state index is -0.0875. The maximum atomic E-state index is 13.2. The molecule has 0 unspecified atom stereocenters. The summed E-state index contributed by atoms with van der Waals surface area (Å²) in [6.45, 7) is 6.00. The van der Waals surface area contributed by atoms with Crippen molar-refractivity contribution in [1.82, 2.24) is 9.80 Å². The van der Waals surface area contributed by atoms with Gasteiger partial charge in [0.15, 0.2) is 23.0 Å². The second kappa shape index (κ2) is 10.7. The van der Waals surface area contributed by atoms with Crippen LogP contribution < -0.4 is 18.9 Å². The molecule has 2 saturated heterocycles. The van der Waals surface area contributed by atoms with Gasteiger partial charge in [-0.15, -0.1) is 0 Å². The van der Waals surface area contributed by atoms with Gasteiger partial charge in [0.05, 0.1) is 62.0 Å². The lowest BCUT2D eigenvalue weighted by atomic mass is 10.1. The van der Waals surface area contributed by atoms with Gasteiger partial charge in [0.1, 0.15) is 0 Å². The number of hydrogen-bond acceptors (Lipinski definition) is 8. The number of carbonyl (C=O) groups is 2. The van der Waals surface area contributed by atoms with Crippen LogP contribution in [0.25, 0.3) is 0 Å². The molecule has 2 fully saturated rings. The zero-order chi connectivity index (χ0) is 27.8. The molecule has 2 aromatic rings. The number of fused-ring (bicyclic) bond motifs is 4. The normalized spacial score (nSPS) is 20.9. The Bertz CT molecular complexity index is 1430. The average molecular weight is 545 g/mol. The molecule has 4 aliphatic rings. The van der Waals surface area contributed by atoms with E-state index in [4.69, 9.17) is 18.9 Å². The van der Waals surface area contributed by atoms with E-state index in [2.05, 4.69) is 16.6 Å². The third-order valence-electron chi connectivity index (χ3n) is 7.71. The highest BCUT2D eigenvalue weighted by molar-refractivity contribution is 6.04. The lowest BCUT2D eigenvalue weighted by molar-refractivity contribution is 0.0768. The second-order valence-corrected chi connectivity index (χ2v) is 10.3. The predicted octanol–water partition coefficient (Wildman–Crippen LogP) is 4.36. The molecule has 208 valence electrons. The Morgan fingerprint density at radius 1 is 0.825 bits per heavy atom. The van der Waals surface area contributed by atoms with Crippen molar-refractivity contribution in [2.24, 2.45) is 9.98 Å². The Morgan fingerprint density at radius 2 is 1.40 bits per heavy atom. The van der Waals surface area contributed by atoms with E-state index in [9.17, 15) is 9.59 Å². The van der Waals surface area contributed by atoms with Crippen LogP contribution in [0.3, 0.4) is 0 Å². The molecule has 4 heterocycles. The van der Waals surface area contributed by atoms with Crippen LogP contribution in [-0.4, -0.2) is 86.6 Å². The Morgan fingerprint density at radius 3 is 2.00 bits per heavy atom. The van der Waals surface area contributed by atoms with Crippen molar-refractivity contribution in [2.45, 2.75) is 37.8 Å². The Balaban J connectivity index is 1.11. The standard InChI is InChI=1S/C30H32N4O6/c1-18-10-20-16-32-24-14-28(26(38-3)12-22(24)30(36)34(20)17-18)40-9-5-8-39-27-13-23-21(11-25(27)37-2)29(35)33-7-4-6-19(33)15-31-23/h11-16,19-20H,1,4-10,17H2,2-3H3/t19-,20-/m0/s1.